The maximum absolute atomic E-state index is 12.4. The molecule has 0 bridgehead atoms. The van der Waals surface area contributed by atoms with Gasteiger partial charge in [-0.05, 0) is 18.6 Å². The lowest BCUT2D eigenvalue weighted by Crippen LogP contribution is -2.58. The summed E-state index contributed by atoms with van der Waals surface area (Å²) in [7, 11) is -3.00. The highest BCUT2D eigenvalue weighted by molar-refractivity contribution is 7.91. The quantitative estimate of drug-likeness (QED) is 0.770. The van der Waals surface area contributed by atoms with E-state index in [9.17, 15) is 8.42 Å². The Kier molecular flexibility index (Phi) is 5.09. The van der Waals surface area contributed by atoms with Crippen molar-refractivity contribution in [3.63, 3.8) is 0 Å². The Labute approximate surface area is 158 Å². The van der Waals surface area contributed by atoms with Crippen LogP contribution < -0.4 is 0 Å². The van der Waals surface area contributed by atoms with Gasteiger partial charge in [0.1, 0.15) is 0 Å². The van der Waals surface area contributed by atoms with Gasteiger partial charge in [0.2, 0.25) is 0 Å². The molecule has 2 aliphatic rings. The predicted octanol–water partition coefficient (Wildman–Crippen LogP) is 1.58. The first-order valence-corrected chi connectivity index (χ1v) is 11.8. The summed E-state index contributed by atoms with van der Waals surface area (Å²) in [6.07, 6.45) is 2.74. The Morgan fingerprint density at radius 3 is 2.38 bits per heavy atom. The summed E-state index contributed by atoms with van der Waals surface area (Å²) in [5, 5.41) is 3.25. The Morgan fingerprint density at radius 2 is 1.81 bits per heavy atom. The number of hydrogen-bond donors (Lipinski definition) is 0. The van der Waals surface area contributed by atoms with Crippen LogP contribution in [0.5, 0.6) is 0 Å². The van der Waals surface area contributed by atoms with Crippen LogP contribution in [-0.4, -0.2) is 64.9 Å². The number of thiazole rings is 1. The summed E-state index contributed by atoms with van der Waals surface area (Å²) in [5.41, 5.74) is 2.06. The number of piperazine rings is 1. The molecule has 2 saturated heterocycles. The molecule has 8 heteroatoms. The zero-order valence-electron chi connectivity index (χ0n) is 14.9. The average Bonchev–Trinajstić information content (AvgIpc) is 3.21. The van der Waals surface area contributed by atoms with Crippen LogP contribution in [0.25, 0.3) is 0 Å². The van der Waals surface area contributed by atoms with Crippen molar-refractivity contribution in [2.45, 2.75) is 38.5 Å². The van der Waals surface area contributed by atoms with Crippen LogP contribution in [0.15, 0.2) is 29.8 Å². The van der Waals surface area contributed by atoms with E-state index in [0.29, 0.717) is 6.54 Å². The molecule has 0 spiro atoms. The molecule has 2 fully saturated rings. The lowest BCUT2D eigenvalue weighted by Gasteiger charge is -2.43. The molecule has 2 aromatic rings. The highest BCUT2D eigenvalue weighted by Crippen LogP contribution is 2.29. The normalized spacial score (nSPS) is 26.0. The molecule has 4 heterocycles. The fraction of sp³-hybridized carbons (Fsp3) is 0.556. The lowest BCUT2D eigenvalue weighted by atomic mass is 10.0. The molecular formula is C18H24N4O2S2. The summed E-state index contributed by atoms with van der Waals surface area (Å²) < 4.78 is 24.7. The zero-order chi connectivity index (χ0) is 18.1. The Hall–Kier alpha value is -1.35. The summed E-state index contributed by atoms with van der Waals surface area (Å²) in [4.78, 5) is 13.7. The third-order valence-electron chi connectivity index (χ3n) is 5.26. The van der Waals surface area contributed by atoms with Crippen LogP contribution in [0, 0.1) is 0 Å². The van der Waals surface area contributed by atoms with Crippen LogP contribution in [0.1, 0.15) is 23.3 Å². The second-order valence-electron chi connectivity index (χ2n) is 7.06. The van der Waals surface area contributed by atoms with E-state index in [2.05, 4.69) is 32.1 Å². The Bertz CT molecular complexity index is 853. The lowest BCUT2D eigenvalue weighted by molar-refractivity contribution is 0.0341. The predicted molar refractivity (Wildman–Crippen MR) is 103 cm³/mol. The first kappa shape index (κ1) is 18.0. The summed E-state index contributed by atoms with van der Waals surface area (Å²) in [6, 6.07) is 5.98. The summed E-state index contributed by atoms with van der Waals surface area (Å²) >= 11 is 1.69. The van der Waals surface area contributed by atoms with Gasteiger partial charge in [0.25, 0.3) is 0 Å². The topological polar surface area (TPSA) is 66.4 Å². The van der Waals surface area contributed by atoms with Crippen molar-refractivity contribution >= 4 is 21.2 Å². The van der Waals surface area contributed by atoms with E-state index in [1.165, 1.54) is 0 Å². The van der Waals surface area contributed by atoms with Crippen molar-refractivity contribution in [3.05, 3.63) is 46.2 Å². The molecule has 0 N–H and O–H groups in total. The van der Waals surface area contributed by atoms with Crippen molar-refractivity contribution < 1.29 is 8.42 Å². The van der Waals surface area contributed by atoms with Crippen LogP contribution in [0.3, 0.4) is 0 Å². The van der Waals surface area contributed by atoms with E-state index in [-0.39, 0.29) is 23.6 Å². The molecule has 26 heavy (non-hydrogen) atoms. The van der Waals surface area contributed by atoms with Gasteiger partial charge >= 0.3 is 0 Å². The fourth-order valence-corrected chi connectivity index (χ4v) is 6.76. The van der Waals surface area contributed by atoms with E-state index in [1.807, 2.05) is 18.2 Å². The van der Waals surface area contributed by atoms with E-state index >= 15 is 0 Å². The molecule has 0 unspecified atom stereocenters. The maximum Gasteiger partial charge on any atom is 0.153 e. The number of rotatable bonds is 5. The summed E-state index contributed by atoms with van der Waals surface area (Å²) in [6.45, 7) is 5.28. The number of fused-ring (bicyclic) bond motifs is 1. The van der Waals surface area contributed by atoms with Gasteiger partial charge < -0.3 is 0 Å². The molecule has 2 atom stereocenters. The van der Waals surface area contributed by atoms with Crippen molar-refractivity contribution in [2.24, 2.45) is 0 Å². The van der Waals surface area contributed by atoms with Crippen LogP contribution in [-0.2, 0) is 29.3 Å². The van der Waals surface area contributed by atoms with Gasteiger partial charge in [0, 0.05) is 49.8 Å². The minimum Gasteiger partial charge on any atom is -0.291 e. The number of nitrogens with zero attached hydrogens (tertiary/aromatic N) is 4. The van der Waals surface area contributed by atoms with Crippen LogP contribution in [0.4, 0.5) is 0 Å². The standard InChI is InChI=1S/C18H24N4O2S2/c1-2-18-20-15(11-25-18)10-22-8-7-21(9-14-5-3-4-6-19-14)16-12-26(23,24)13-17(16)22/h3-6,11,16-17H,2,7-10,12-13H2,1H3/t16-,17+/m1/s1. The molecule has 0 radical (unpaired) electrons. The minimum absolute atomic E-state index is 0.0417. The van der Waals surface area contributed by atoms with E-state index < -0.39 is 9.84 Å². The number of aryl methyl sites for hydroxylation is 1. The van der Waals surface area contributed by atoms with Gasteiger partial charge in [0.15, 0.2) is 9.84 Å². The number of pyridine rings is 1. The van der Waals surface area contributed by atoms with Gasteiger partial charge in [0.05, 0.1) is 27.9 Å². The third-order valence-corrected chi connectivity index (χ3v) is 8.00. The number of sulfone groups is 1. The molecule has 140 valence electrons. The van der Waals surface area contributed by atoms with Gasteiger partial charge in [-0.25, -0.2) is 13.4 Å². The third kappa shape index (κ3) is 3.83. The smallest absolute Gasteiger partial charge is 0.153 e. The van der Waals surface area contributed by atoms with Crippen molar-refractivity contribution in [2.75, 3.05) is 24.6 Å². The molecule has 4 rings (SSSR count). The highest BCUT2D eigenvalue weighted by Gasteiger charge is 2.46. The maximum atomic E-state index is 12.4. The molecule has 0 saturated carbocycles. The summed E-state index contributed by atoms with van der Waals surface area (Å²) in [5.74, 6) is 0.499. The zero-order valence-corrected chi connectivity index (χ0v) is 16.5. The molecule has 2 aromatic heterocycles. The van der Waals surface area contributed by atoms with Crippen molar-refractivity contribution in [3.8, 4) is 0 Å². The van der Waals surface area contributed by atoms with E-state index in [0.717, 1.165) is 42.5 Å². The fourth-order valence-electron chi connectivity index (χ4n) is 3.98. The van der Waals surface area contributed by atoms with Crippen LogP contribution in [0.2, 0.25) is 0 Å². The van der Waals surface area contributed by atoms with Gasteiger partial charge in [-0.2, -0.15) is 0 Å². The number of hydrogen-bond acceptors (Lipinski definition) is 7. The first-order chi connectivity index (χ1) is 12.5. The van der Waals surface area contributed by atoms with Gasteiger partial charge in [-0.1, -0.05) is 13.0 Å². The SMILES string of the molecule is CCc1nc(CN2CCN(Cc3ccccn3)[C@@H]3CS(=O)(=O)C[C@@H]32)cs1. The minimum atomic E-state index is -3.00. The van der Waals surface area contributed by atoms with Gasteiger partial charge in [-0.3, -0.25) is 14.8 Å². The van der Waals surface area contributed by atoms with Crippen LogP contribution >= 0.6 is 11.3 Å². The van der Waals surface area contributed by atoms with E-state index in [1.54, 1.807) is 17.5 Å². The molecular weight excluding hydrogens is 368 g/mol. The molecule has 0 aliphatic carbocycles. The van der Waals surface area contributed by atoms with E-state index in [4.69, 9.17) is 0 Å². The highest BCUT2D eigenvalue weighted by atomic mass is 32.2. The largest absolute Gasteiger partial charge is 0.291 e. The second kappa shape index (κ2) is 7.34. The molecule has 6 nitrogen and oxygen atoms in total. The van der Waals surface area contributed by atoms with Crippen molar-refractivity contribution in [1.29, 1.82) is 0 Å². The van der Waals surface area contributed by atoms with Gasteiger partial charge in [-0.15, -0.1) is 11.3 Å². The second-order valence-corrected chi connectivity index (χ2v) is 10.2. The first-order valence-electron chi connectivity index (χ1n) is 9.06. The Morgan fingerprint density at radius 1 is 1.12 bits per heavy atom. The van der Waals surface area contributed by atoms with Crippen molar-refractivity contribution in [1.82, 2.24) is 19.8 Å². The Balaban J connectivity index is 1.51. The average molecular weight is 393 g/mol. The molecule has 0 aromatic carbocycles. The molecule has 0 amide bonds. The monoisotopic (exact) mass is 392 g/mol. The number of aromatic nitrogens is 2. The molecule has 2 aliphatic heterocycles.